The van der Waals surface area contributed by atoms with Crippen LogP contribution in [-0.2, 0) is 9.36 Å². The molecule has 0 radical (unpaired) electrons. The summed E-state index contributed by atoms with van der Waals surface area (Å²) in [4.78, 5) is 18.9. The Balaban J connectivity index is 0.000000354. The molecule has 0 aliphatic carbocycles. The Morgan fingerprint density at radius 1 is 1.35 bits per heavy atom. The van der Waals surface area contributed by atoms with E-state index in [1.165, 1.54) is 6.66 Å². The van der Waals surface area contributed by atoms with Crippen LogP contribution in [0.3, 0.4) is 0 Å². The molecule has 8 heteroatoms. The van der Waals surface area contributed by atoms with Crippen LogP contribution in [0, 0.1) is 0 Å². The summed E-state index contributed by atoms with van der Waals surface area (Å²) in [6.07, 6.45) is 0.0000772. The normalized spacial score (nSPS) is 20.6. The maximum absolute atomic E-state index is 10.6. The third-order valence-electron chi connectivity index (χ3n) is 2.13. The Hall–Kier alpha value is -0.460. The van der Waals surface area contributed by atoms with Gasteiger partial charge in [0.25, 0.3) is 0 Å². The van der Waals surface area contributed by atoms with Gasteiger partial charge in [0, 0.05) is 39.0 Å². The van der Waals surface area contributed by atoms with Gasteiger partial charge in [-0.25, -0.2) is 0 Å². The monoisotopic (exact) mass is 267 g/mol. The second-order valence-electron chi connectivity index (χ2n) is 4.01. The molecular weight excluding hydrogens is 245 g/mol. The van der Waals surface area contributed by atoms with Gasteiger partial charge in [-0.1, -0.05) is 0 Å². The number of nitrogens with two attached hydrogens (primary N) is 1. The molecule has 6 N–H and O–H groups in total. The molecule has 1 aliphatic heterocycles. The highest BCUT2D eigenvalue weighted by Crippen LogP contribution is 2.35. The summed E-state index contributed by atoms with van der Waals surface area (Å²) in [6, 6.07) is -1.03. The summed E-state index contributed by atoms with van der Waals surface area (Å²) in [5, 5.41) is 14.7. The first-order valence-electron chi connectivity index (χ1n) is 5.52. The highest BCUT2D eigenvalue weighted by Gasteiger charge is 2.16. The van der Waals surface area contributed by atoms with Crippen molar-refractivity contribution in [2.45, 2.75) is 12.5 Å². The number of nitrogens with one attached hydrogen (secondary N) is 2. The van der Waals surface area contributed by atoms with Crippen LogP contribution in [0.4, 0.5) is 0 Å². The van der Waals surface area contributed by atoms with Gasteiger partial charge in [0.15, 0.2) is 7.37 Å². The van der Waals surface area contributed by atoms with Gasteiger partial charge in [-0.2, -0.15) is 0 Å². The van der Waals surface area contributed by atoms with Gasteiger partial charge in [-0.3, -0.25) is 9.36 Å². The molecule has 0 aromatic rings. The van der Waals surface area contributed by atoms with Crippen LogP contribution in [0.1, 0.15) is 6.42 Å². The number of carboxylic acid groups (broad SMARTS) is 1. The molecule has 2 unspecified atom stereocenters. The Morgan fingerprint density at radius 2 is 1.76 bits per heavy atom. The van der Waals surface area contributed by atoms with Crippen LogP contribution in [0.5, 0.6) is 0 Å². The van der Waals surface area contributed by atoms with E-state index in [4.69, 9.17) is 15.7 Å². The van der Waals surface area contributed by atoms with E-state index in [1.54, 1.807) is 0 Å². The first kappa shape index (κ1) is 16.5. The summed E-state index contributed by atoms with van der Waals surface area (Å²) in [5.41, 5.74) is 5.09. The van der Waals surface area contributed by atoms with Gasteiger partial charge < -0.3 is 26.4 Å². The molecule has 1 fully saturated rings. The van der Waals surface area contributed by atoms with Crippen LogP contribution in [0.25, 0.3) is 0 Å². The average Bonchev–Trinajstić information content (AvgIpc) is 2.28. The first-order valence-corrected chi connectivity index (χ1v) is 7.81. The minimum atomic E-state index is -3.10. The fourth-order valence-electron chi connectivity index (χ4n) is 1.11. The molecule has 1 aliphatic rings. The molecule has 1 heterocycles. The molecule has 0 bridgehead atoms. The second kappa shape index (κ2) is 8.60. The van der Waals surface area contributed by atoms with E-state index >= 15 is 0 Å². The Morgan fingerprint density at radius 3 is 2.00 bits per heavy atom. The van der Waals surface area contributed by atoms with Crippen molar-refractivity contribution >= 4 is 13.3 Å². The Labute approximate surface area is 101 Å². The molecule has 1 saturated heterocycles. The zero-order valence-corrected chi connectivity index (χ0v) is 10.9. The topological polar surface area (TPSA) is 125 Å². The van der Waals surface area contributed by atoms with E-state index in [0.717, 1.165) is 26.2 Å². The predicted octanol–water partition coefficient (Wildman–Crippen LogP) is -1.13. The Bertz CT molecular complexity index is 253. The van der Waals surface area contributed by atoms with Crippen LogP contribution >= 0.6 is 7.37 Å². The zero-order chi connectivity index (χ0) is 13.3. The zero-order valence-electron chi connectivity index (χ0n) is 10.1. The van der Waals surface area contributed by atoms with E-state index in [-0.39, 0.29) is 12.6 Å². The minimum absolute atomic E-state index is 0.0412. The second-order valence-corrected chi connectivity index (χ2v) is 6.56. The van der Waals surface area contributed by atoms with E-state index in [1.807, 2.05) is 0 Å². The predicted molar refractivity (Wildman–Crippen MR) is 66.6 cm³/mol. The highest BCUT2D eigenvalue weighted by atomic mass is 31.2. The molecule has 7 nitrogen and oxygen atoms in total. The molecule has 0 aromatic carbocycles. The van der Waals surface area contributed by atoms with Crippen molar-refractivity contribution in [3.63, 3.8) is 0 Å². The molecule has 0 aromatic heterocycles. The lowest BCUT2D eigenvalue weighted by atomic mass is 10.2. The van der Waals surface area contributed by atoms with E-state index in [2.05, 4.69) is 10.6 Å². The number of carbonyl (C=O) groups is 1. The molecule has 2 atom stereocenters. The van der Waals surface area contributed by atoms with Gasteiger partial charge in [0.05, 0.1) is 0 Å². The third kappa shape index (κ3) is 11.8. The van der Waals surface area contributed by atoms with E-state index in [0.29, 0.717) is 0 Å². The van der Waals surface area contributed by atoms with Gasteiger partial charge >= 0.3 is 5.97 Å². The van der Waals surface area contributed by atoms with Gasteiger partial charge in [0.2, 0.25) is 0 Å². The van der Waals surface area contributed by atoms with Crippen LogP contribution < -0.4 is 16.4 Å². The molecule has 0 amide bonds. The number of hydrogen-bond acceptors (Lipinski definition) is 5. The summed E-state index contributed by atoms with van der Waals surface area (Å²) in [5.74, 6) is -1.14. The first-order chi connectivity index (χ1) is 7.83. The number of piperazine rings is 1. The van der Waals surface area contributed by atoms with Crippen molar-refractivity contribution < 1.29 is 19.4 Å². The van der Waals surface area contributed by atoms with Crippen molar-refractivity contribution in [3.8, 4) is 0 Å². The maximum atomic E-state index is 10.6. The molecule has 102 valence electrons. The fourth-order valence-corrected chi connectivity index (χ4v) is 1.86. The maximum Gasteiger partial charge on any atom is 0.320 e. The third-order valence-corrected chi connectivity index (χ3v) is 3.22. The number of hydrogen-bond donors (Lipinski definition) is 5. The summed E-state index contributed by atoms with van der Waals surface area (Å²) in [7, 11) is -3.10. The smallest absolute Gasteiger partial charge is 0.320 e. The summed E-state index contributed by atoms with van der Waals surface area (Å²) >= 11 is 0. The lowest BCUT2D eigenvalue weighted by molar-refractivity contribution is -0.138. The fraction of sp³-hybridized carbons (Fsp3) is 0.889. The van der Waals surface area contributed by atoms with Crippen LogP contribution in [-0.4, -0.2) is 61.0 Å². The van der Waals surface area contributed by atoms with Crippen molar-refractivity contribution in [3.05, 3.63) is 0 Å². The number of rotatable bonds is 4. The number of aliphatic carboxylic acids is 1. The lowest BCUT2D eigenvalue weighted by Crippen LogP contribution is -2.39. The van der Waals surface area contributed by atoms with Crippen LogP contribution in [0.15, 0.2) is 0 Å². The van der Waals surface area contributed by atoms with E-state index in [9.17, 15) is 9.36 Å². The SMILES string of the molecule is C1CNCCN1.CP(=O)(O)CCC(N)C(=O)O. The van der Waals surface area contributed by atoms with Gasteiger partial charge in [0.1, 0.15) is 6.04 Å². The van der Waals surface area contributed by atoms with Crippen LogP contribution in [0.2, 0.25) is 0 Å². The lowest BCUT2D eigenvalue weighted by Gasteiger charge is -2.11. The average molecular weight is 267 g/mol. The quantitative estimate of drug-likeness (QED) is 0.408. The summed E-state index contributed by atoms with van der Waals surface area (Å²) < 4.78 is 10.6. The van der Waals surface area contributed by atoms with Gasteiger partial charge in [-0.15, -0.1) is 0 Å². The number of carboxylic acids is 1. The molecule has 1 rings (SSSR count). The van der Waals surface area contributed by atoms with Crippen molar-refractivity contribution in [1.82, 2.24) is 10.6 Å². The Kier molecular flexibility index (Phi) is 8.37. The molecule has 0 spiro atoms. The van der Waals surface area contributed by atoms with Crippen molar-refractivity contribution in [2.75, 3.05) is 39.0 Å². The largest absolute Gasteiger partial charge is 0.480 e. The minimum Gasteiger partial charge on any atom is -0.480 e. The van der Waals surface area contributed by atoms with E-state index < -0.39 is 19.4 Å². The molecule has 17 heavy (non-hydrogen) atoms. The highest BCUT2D eigenvalue weighted by molar-refractivity contribution is 7.57. The van der Waals surface area contributed by atoms with Crippen molar-refractivity contribution in [2.24, 2.45) is 5.73 Å². The van der Waals surface area contributed by atoms with Crippen molar-refractivity contribution in [1.29, 1.82) is 0 Å². The standard InChI is InChI=1S/C5H12NO4P.C4H10N2/c1-11(9,10)3-2-4(6)5(7)8;1-2-6-4-3-5-1/h4H,2-3,6H2,1H3,(H,7,8)(H,9,10);5-6H,1-4H2. The molecular formula is C9H22N3O4P. The van der Waals surface area contributed by atoms with Gasteiger partial charge in [-0.05, 0) is 6.42 Å². The summed E-state index contributed by atoms with van der Waals surface area (Å²) in [6.45, 7) is 5.74. The molecule has 0 saturated carbocycles.